The van der Waals surface area contributed by atoms with E-state index in [4.69, 9.17) is 0 Å². The predicted molar refractivity (Wildman–Crippen MR) is 75.3 cm³/mol. The standard InChI is InChI=1S/C14H19NO5S/c1-9(2)8-12(14(17)18)15-13(16)10-4-6-11(7-5-10)21(3,19)20/h4-7,9,12H,8H2,1-3H3,(H,15,16)(H,17,18)/p-1/t12-/m1/s1. The normalized spacial score (nSPS) is 13.0. The molecule has 0 saturated heterocycles. The summed E-state index contributed by atoms with van der Waals surface area (Å²) in [6, 6.07) is 4.22. The number of carboxylic acid groups (broad SMARTS) is 1. The lowest BCUT2D eigenvalue weighted by Crippen LogP contribution is -2.48. The van der Waals surface area contributed by atoms with Crippen LogP contribution in [0.25, 0.3) is 0 Å². The van der Waals surface area contributed by atoms with Crippen molar-refractivity contribution >= 4 is 21.7 Å². The van der Waals surface area contributed by atoms with Gasteiger partial charge in [0.1, 0.15) is 0 Å². The van der Waals surface area contributed by atoms with Gasteiger partial charge in [0.15, 0.2) is 9.84 Å². The second kappa shape index (κ2) is 6.71. The number of benzene rings is 1. The van der Waals surface area contributed by atoms with Crippen LogP contribution in [0.5, 0.6) is 0 Å². The fraction of sp³-hybridized carbons (Fsp3) is 0.429. The molecule has 1 N–H and O–H groups in total. The molecule has 0 heterocycles. The molecule has 1 rings (SSSR count). The van der Waals surface area contributed by atoms with Crippen LogP contribution in [-0.2, 0) is 14.6 Å². The zero-order chi connectivity index (χ0) is 16.2. The van der Waals surface area contributed by atoms with Crippen LogP contribution in [0.2, 0.25) is 0 Å². The molecule has 0 spiro atoms. The number of carbonyl (C=O) groups excluding carboxylic acids is 2. The molecule has 7 heteroatoms. The summed E-state index contributed by atoms with van der Waals surface area (Å²) in [6.45, 7) is 3.67. The van der Waals surface area contributed by atoms with Crippen molar-refractivity contribution in [3.8, 4) is 0 Å². The Kier molecular flexibility index (Phi) is 5.48. The highest BCUT2D eigenvalue weighted by atomic mass is 32.2. The number of rotatable bonds is 6. The van der Waals surface area contributed by atoms with Gasteiger partial charge in [0.05, 0.1) is 16.9 Å². The molecule has 0 fully saturated rings. The molecule has 0 aromatic heterocycles. The first-order chi connectivity index (χ1) is 9.61. The lowest BCUT2D eigenvalue weighted by atomic mass is 10.0. The zero-order valence-electron chi connectivity index (χ0n) is 12.1. The van der Waals surface area contributed by atoms with Crippen molar-refractivity contribution in [1.29, 1.82) is 0 Å². The summed E-state index contributed by atoms with van der Waals surface area (Å²) in [5.74, 6) is -1.84. The van der Waals surface area contributed by atoms with Crippen molar-refractivity contribution < 1.29 is 23.1 Å². The minimum absolute atomic E-state index is 0.0841. The highest BCUT2D eigenvalue weighted by Crippen LogP contribution is 2.11. The first kappa shape index (κ1) is 17.2. The fourth-order valence-corrected chi connectivity index (χ4v) is 2.41. The molecule has 0 bridgehead atoms. The summed E-state index contributed by atoms with van der Waals surface area (Å²) < 4.78 is 22.6. The molecule has 0 radical (unpaired) electrons. The maximum absolute atomic E-state index is 12.0. The molecule has 1 atom stereocenters. The van der Waals surface area contributed by atoms with Gasteiger partial charge in [-0.2, -0.15) is 0 Å². The first-order valence-corrected chi connectivity index (χ1v) is 8.32. The SMILES string of the molecule is CC(C)C[C@@H](NC(=O)c1ccc(S(C)(=O)=O)cc1)C(=O)[O-]. The van der Waals surface area contributed by atoms with Gasteiger partial charge < -0.3 is 15.2 Å². The lowest BCUT2D eigenvalue weighted by molar-refractivity contribution is -0.308. The Balaban J connectivity index is 2.86. The van der Waals surface area contributed by atoms with Crippen LogP contribution in [0.3, 0.4) is 0 Å². The van der Waals surface area contributed by atoms with Crippen LogP contribution in [-0.4, -0.2) is 32.6 Å². The Morgan fingerprint density at radius 1 is 1.19 bits per heavy atom. The fourth-order valence-electron chi connectivity index (χ4n) is 1.78. The van der Waals surface area contributed by atoms with Gasteiger partial charge >= 0.3 is 0 Å². The Hall–Kier alpha value is -1.89. The summed E-state index contributed by atoms with van der Waals surface area (Å²) in [4.78, 5) is 23.0. The highest BCUT2D eigenvalue weighted by Gasteiger charge is 2.16. The third-order valence-corrected chi connectivity index (χ3v) is 3.97. The number of hydrogen-bond acceptors (Lipinski definition) is 5. The van der Waals surface area contributed by atoms with Gasteiger partial charge in [-0.25, -0.2) is 8.42 Å². The van der Waals surface area contributed by atoms with Crippen molar-refractivity contribution in [3.63, 3.8) is 0 Å². The molecule has 0 saturated carbocycles. The molecule has 1 aromatic rings. The maximum Gasteiger partial charge on any atom is 0.251 e. The second-order valence-corrected chi connectivity index (χ2v) is 7.29. The van der Waals surface area contributed by atoms with E-state index in [2.05, 4.69) is 5.32 Å². The molecule has 1 amide bonds. The topological polar surface area (TPSA) is 103 Å². The average Bonchev–Trinajstić information content (AvgIpc) is 2.36. The molecule has 1 aromatic carbocycles. The van der Waals surface area contributed by atoms with Gasteiger partial charge in [-0.3, -0.25) is 4.79 Å². The van der Waals surface area contributed by atoms with Gasteiger partial charge in [0.2, 0.25) is 0 Å². The van der Waals surface area contributed by atoms with Crippen LogP contribution in [0.15, 0.2) is 29.2 Å². The van der Waals surface area contributed by atoms with Crippen LogP contribution in [0.4, 0.5) is 0 Å². The summed E-state index contributed by atoms with van der Waals surface area (Å²) >= 11 is 0. The van der Waals surface area contributed by atoms with E-state index in [0.717, 1.165) is 6.26 Å². The predicted octanol–water partition coefficient (Wildman–Crippen LogP) is -0.0155. The smallest absolute Gasteiger partial charge is 0.251 e. The summed E-state index contributed by atoms with van der Waals surface area (Å²) in [5.41, 5.74) is 0.192. The molecular weight excluding hydrogens is 294 g/mol. The Morgan fingerprint density at radius 3 is 2.10 bits per heavy atom. The molecule has 0 aliphatic carbocycles. The third-order valence-electron chi connectivity index (χ3n) is 2.84. The number of hydrogen-bond donors (Lipinski definition) is 1. The first-order valence-electron chi connectivity index (χ1n) is 6.43. The minimum atomic E-state index is -3.33. The van der Waals surface area contributed by atoms with Gasteiger partial charge in [-0.1, -0.05) is 13.8 Å². The molecule has 0 unspecified atom stereocenters. The van der Waals surface area contributed by atoms with Crippen molar-refractivity contribution in [2.75, 3.05) is 6.26 Å². The quantitative estimate of drug-likeness (QED) is 0.795. The number of nitrogens with one attached hydrogen (secondary N) is 1. The van der Waals surface area contributed by atoms with Crippen molar-refractivity contribution in [1.82, 2.24) is 5.32 Å². The van der Waals surface area contributed by atoms with E-state index in [1.54, 1.807) is 0 Å². The molecule has 0 aliphatic heterocycles. The van der Waals surface area contributed by atoms with Crippen LogP contribution >= 0.6 is 0 Å². The number of sulfone groups is 1. The van der Waals surface area contributed by atoms with E-state index in [1.807, 2.05) is 13.8 Å². The second-order valence-electron chi connectivity index (χ2n) is 5.27. The highest BCUT2D eigenvalue weighted by molar-refractivity contribution is 7.90. The van der Waals surface area contributed by atoms with E-state index in [0.29, 0.717) is 0 Å². The van der Waals surface area contributed by atoms with E-state index in [9.17, 15) is 23.1 Å². The van der Waals surface area contributed by atoms with E-state index in [1.165, 1.54) is 24.3 Å². The van der Waals surface area contributed by atoms with Gasteiger partial charge in [0.25, 0.3) is 5.91 Å². The van der Waals surface area contributed by atoms with E-state index >= 15 is 0 Å². The zero-order valence-corrected chi connectivity index (χ0v) is 12.9. The average molecular weight is 312 g/mol. The lowest BCUT2D eigenvalue weighted by Gasteiger charge is -2.21. The molecule has 116 valence electrons. The molecule has 6 nitrogen and oxygen atoms in total. The van der Waals surface area contributed by atoms with Crippen LogP contribution in [0, 0.1) is 5.92 Å². The van der Waals surface area contributed by atoms with E-state index < -0.39 is 27.8 Å². The minimum Gasteiger partial charge on any atom is -0.548 e. The van der Waals surface area contributed by atoms with Crippen molar-refractivity contribution in [2.24, 2.45) is 5.92 Å². The third kappa shape index (κ3) is 5.18. The summed E-state index contributed by atoms with van der Waals surface area (Å²) in [6.07, 6.45) is 1.33. The van der Waals surface area contributed by atoms with Gasteiger partial charge in [0, 0.05) is 11.8 Å². The number of carboxylic acids is 1. The van der Waals surface area contributed by atoms with Crippen LogP contribution < -0.4 is 10.4 Å². The summed E-state index contributed by atoms with van der Waals surface area (Å²) in [5, 5.41) is 13.4. The van der Waals surface area contributed by atoms with Crippen molar-refractivity contribution in [2.45, 2.75) is 31.2 Å². The molecule has 0 aliphatic rings. The monoisotopic (exact) mass is 312 g/mol. The van der Waals surface area contributed by atoms with Gasteiger partial charge in [-0.05, 0) is 36.6 Å². The summed E-state index contributed by atoms with van der Waals surface area (Å²) in [7, 11) is -3.33. The van der Waals surface area contributed by atoms with E-state index in [-0.39, 0.29) is 22.8 Å². The number of aliphatic carboxylic acids is 1. The number of amides is 1. The molecular formula is C14H18NO5S-. The number of carbonyl (C=O) groups is 2. The Bertz CT molecular complexity index is 619. The van der Waals surface area contributed by atoms with Crippen molar-refractivity contribution in [3.05, 3.63) is 29.8 Å². The Labute approximate surface area is 124 Å². The Morgan fingerprint density at radius 2 is 1.71 bits per heavy atom. The van der Waals surface area contributed by atoms with Crippen LogP contribution in [0.1, 0.15) is 30.6 Å². The molecule has 21 heavy (non-hydrogen) atoms. The maximum atomic E-state index is 12.0. The largest absolute Gasteiger partial charge is 0.548 e. The van der Waals surface area contributed by atoms with Gasteiger partial charge in [-0.15, -0.1) is 0 Å².